The van der Waals surface area contributed by atoms with Crippen molar-refractivity contribution in [3.8, 4) is 5.75 Å². The summed E-state index contributed by atoms with van der Waals surface area (Å²) in [7, 11) is 2.01. The highest BCUT2D eigenvalue weighted by Gasteiger charge is 2.02. The molecule has 0 fully saturated rings. The van der Waals surface area contributed by atoms with Crippen LogP contribution >= 0.6 is 0 Å². The first-order chi connectivity index (χ1) is 9.47. The third-order valence-corrected chi connectivity index (χ3v) is 3.08. The molecule has 1 aromatic rings. The van der Waals surface area contributed by atoms with Crippen LogP contribution in [0.25, 0.3) is 0 Å². The number of hydrogen-bond acceptors (Lipinski definition) is 3. The number of hydrogen-bond donors (Lipinski definition) is 1. The van der Waals surface area contributed by atoms with Crippen LogP contribution in [0.4, 0.5) is 0 Å². The number of ether oxygens (including phenoxy) is 1. The molecule has 0 saturated heterocycles. The molecular formula is C16H25NO3. The first-order valence-electron chi connectivity index (χ1n) is 7.09. The van der Waals surface area contributed by atoms with E-state index in [0.717, 1.165) is 25.3 Å². The minimum Gasteiger partial charge on any atom is -0.494 e. The van der Waals surface area contributed by atoms with E-state index < -0.39 is 5.97 Å². The smallest absolute Gasteiger partial charge is 0.303 e. The van der Waals surface area contributed by atoms with Crippen molar-refractivity contribution >= 4 is 5.97 Å². The van der Waals surface area contributed by atoms with E-state index in [9.17, 15) is 4.79 Å². The van der Waals surface area contributed by atoms with Gasteiger partial charge < -0.3 is 14.7 Å². The Hall–Kier alpha value is -1.55. The Bertz CT molecular complexity index is 411. The number of aliphatic carboxylic acids is 1. The van der Waals surface area contributed by atoms with Gasteiger partial charge >= 0.3 is 5.97 Å². The second-order valence-corrected chi connectivity index (χ2v) is 5.33. The van der Waals surface area contributed by atoms with Crippen molar-refractivity contribution in [2.45, 2.75) is 33.1 Å². The first-order valence-corrected chi connectivity index (χ1v) is 7.09. The summed E-state index contributed by atoms with van der Waals surface area (Å²) in [4.78, 5) is 12.6. The number of benzene rings is 1. The van der Waals surface area contributed by atoms with Gasteiger partial charge in [0.15, 0.2) is 0 Å². The van der Waals surface area contributed by atoms with Crippen molar-refractivity contribution in [3.63, 3.8) is 0 Å². The third-order valence-electron chi connectivity index (χ3n) is 3.08. The summed E-state index contributed by atoms with van der Waals surface area (Å²) in [6.45, 7) is 6.55. The van der Waals surface area contributed by atoms with Crippen LogP contribution in [0, 0.1) is 13.8 Å². The second-order valence-electron chi connectivity index (χ2n) is 5.33. The fraction of sp³-hybridized carbons (Fsp3) is 0.562. The van der Waals surface area contributed by atoms with Gasteiger partial charge in [-0.3, -0.25) is 4.79 Å². The van der Waals surface area contributed by atoms with E-state index in [2.05, 4.69) is 24.8 Å². The maximum atomic E-state index is 10.4. The standard InChI is InChI=1S/C16H25NO3/c1-13-10-14(2)12-15(11-13)20-9-5-8-17(3)7-4-6-16(18)19/h10-12H,4-9H2,1-3H3,(H,18,19). The molecule has 4 heteroatoms. The molecule has 0 aliphatic rings. The Morgan fingerprint density at radius 1 is 1.15 bits per heavy atom. The van der Waals surface area contributed by atoms with E-state index in [1.54, 1.807) is 0 Å². The SMILES string of the molecule is Cc1cc(C)cc(OCCCN(C)CCCC(=O)O)c1. The zero-order chi connectivity index (χ0) is 15.0. The molecule has 1 N–H and O–H groups in total. The van der Waals surface area contributed by atoms with Gasteiger partial charge in [-0.2, -0.15) is 0 Å². The molecule has 0 aliphatic carbocycles. The van der Waals surface area contributed by atoms with Crippen LogP contribution in [0.15, 0.2) is 18.2 Å². The van der Waals surface area contributed by atoms with Gasteiger partial charge in [0.1, 0.15) is 5.75 Å². The summed E-state index contributed by atoms with van der Waals surface area (Å²) in [5.74, 6) is 0.201. The van der Waals surface area contributed by atoms with Gasteiger partial charge in [0.2, 0.25) is 0 Å². The normalized spacial score (nSPS) is 10.8. The Kier molecular flexibility index (Phi) is 7.09. The second kappa shape index (κ2) is 8.59. The number of aryl methyl sites for hydroxylation is 2. The van der Waals surface area contributed by atoms with E-state index in [0.29, 0.717) is 13.0 Å². The van der Waals surface area contributed by atoms with Crippen LogP contribution in [-0.2, 0) is 4.79 Å². The minimum atomic E-state index is -0.725. The molecule has 0 spiro atoms. The van der Waals surface area contributed by atoms with Gasteiger partial charge in [0, 0.05) is 13.0 Å². The fourth-order valence-electron chi connectivity index (χ4n) is 2.15. The van der Waals surface area contributed by atoms with Crippen molar-refractivity contribution in [2.75, 3.05) is 26.7 Å². The molecule has 4 nitrogen and oxygen atoms in total. The lowest BCUT2D eigenvalue weighted by atomic mass is 10.1. The van der Waals surface area contributed by atoms with Crippen LogP contribution in [0.1, 0.15) is 30.4 Å². The molecule has 0 amide bonds. The monoisotopic (exact) mass is 279 g/mol. The third kappa shape index (κ3) is 7.14. The van der Waals surface area contributed by atoms with Crippen LogP contribution in [-0.4, -0.2) is 42.7 Å². The van der Waals surface area contributed by atoms with E-state index in [1.807, 2.05) is 19.2 Å². The highest BCUT2D eigenvalue weighted by Crippen LogP contribution is 2.16. The largest absolute Gasteiger partial charge is 0.494 e. The zero-order valence-corrected chi connectivity index (χ0v) is 12.7. The maximum absolute atomic E-state index is 10.4. The van der Waals surface area contributed by atoms with Crippen molar-refractivity contribution in [1.82, 2.24) is 4.90 Å². The van der Waals surface area contributed by atoms with Crippen molar-refractivity contribution < 1.29 is 14.6 Å². The molecular weight excluding hydrogens is 254 g/mol. The highest BCUT2D eigenvalue weighted by molar-refractivity contribution is 5.66. The van der Waals surface area contributed by atoms with Gasteiger partial charge in [-0.15, -0.1) is 0 Å². The predicted molar refractivity (Wildman–Crippen MR) is 80.4 cm³/mol. The van der Waals surface area contributed by atoms with Crippen LogP contribution < -0.4 is 4.74 Å². The quantitative estimate of drug-likeness (QED) is 0.706. The lowest BCUT2D eigenvalue weighted by Crippen LogP contribution is -2.23. The van der Waals surface area contributed by atoms with E-state index in [4.69, 9.17) is 9.84 Å². The molecule has 0 unspecified atom stereocenters. The summed E-state index contributed by atoms with van der Waals surface area (Å²) >= 11 is 0. The Morgan fingerprint density at radius 3 is 2.35 bits per heavy atom. The van der Waals surface area contributed by atoms with Crippen LogP contribution in [0.3, 0.4) is 0 Å². The number of carboxylic acid groups (broad SMARTS) is 1. The van der Waals surface area contributed by atoms with Gasteiger partial charge in [-0.1, -0.05) is 6.07 Å². The average Bonchev–Trinajstić information content (AvgIpc) is 2.33. The summed E-state index contributed by atoms with van der Waals surface area (Å²) in [5.41, 5.74) is 2.43. The Morgan fingerprint density at radius 2 is 1.75 bits per heavy atom. The molecule has 0 radical (unpaired) electrons. The zero-order valence-electron chi connectivity index (χ0n) is 12.7. The molecule has 20 heavy (non-hydrogen) atoms. The fourth-order valence-corrected chi connectivity index (χ4v) is 2.15. The molecule has 0 aromatic heterocycles. The molecule has 1 aromatic carbocycles. The van der Waals surface area contributed by atoms with Gasteiger partial charge in [-0.05, 0) is 63.5 Å². The summed E-state index contributed by atoms with van der Waals surface area (Å²) in [6.07, 6.45) is 1.88. The molecule has 0 atom stereocenters. The highest BCUT2D eigenvalue weighted by atomic mass is 16.5. The summed E-state index contributed by atoms with van der Waals surface area (Å²) < 4.78 is 5.74. The lowest BCUT2D eigenvalue weighted by Gasteiger charge is -2.16. The number of nitrogens with zero attached hydrogens (tertiary/aromatic N) is 1. The molecule has 0 saturated carbocycles. The van der Waals surface area contributed by atoms with Gasteiger partial charge in [0.05, 0.1) is 6.61 Å². The molecule has 112 valence electrons. The first kappa shape index (κ1) is 16.5. The molecule has 1 rings (SSSR count). The van der Waals surface area contributed by atoms with Crippen molar-refractivity contribution in [3.05, 3.63) is 29.3 Å². The summed E-state index contributed by atoms with van der Waals surface area (Å²) in [5, 5.41) is 8.57. The maximum Gasteiger partial charge on any atom is 0.303 e. The van der Waals surface area contributed by atoms with Crippen molar-refractivity contribution in [2.24, 2.45) is 0 Å². The topological polar surface area (TPSA) is 49.8 Å². The lowest BCUT2D eigenvalue weighted by molar-refractivity contribution is -0.137. The average molecular weight is 279 g/mol. The Balaban J connectivity index is 2.16. The Labute approximate surface area is 121 Å². The van der Waals surface area contributed by atoms with E-state index in [-0.39, 0.29) is 6.42 Å². The van der Waals surface area contributed by atoms with Crippen LogP contribution in [0.2, 0.25) is 0 Å². The van der Waals surface area contributed by atoms with Gasteiger partial charge in [-0.25, -0.2) is 0 Å². The van der Waals surface area contributed by atoms with Gasteiger partial charge in [0.25, 0.3) is 0 Å². The van der Waals surface area contributed by atoms with E-state index in [1.165, 1.54) is 11.1 Å². The molecule has 0 aliphatic heterocycles. The number of rotatable bonds is 9. The number of carboxylic acids is 1. The minimum absolute atomic E-state index is 0.239. The van der Waals surface area contributed by atoms with Crippen LogP contribution in [0.5, 0.6) is 5.75 Å². The van der Waals surface area contributed by atoms with E-state index >= 15 is 0 Å². The molecule has 0 bridgehead atoms. The number of carbonyl (C=O) groups is 1. The summed E-state index contributed by atoms with van der Waals surface area (Å²) in [6, 6.07) is 6.22. The van der Waals surface area contributed by atoms with Crippen molar-refractivity contribution in [1.29, 1.82) is 0 Å². The predicted octanol–water partition coefficient (Wildman–Crippen LogP) is 2.87. The molecule has 0 heterocycles.